The Morgan fingerprint density at radius 1 is 1.15 bits per heavy atom. The summed E-state index contributed by atoms with van der Waals surface area (Å²) in [5.41, 5.74) is 3.44. The van der Waals surface area contributed by atoms with E-state index in [1.165, 1.54) is 24.3 Å². The van der Waals surface area contributed by atoms with Crippen LogP contribution in [0.25, 0.3) is 22.2 Å². The summed E-state index contributed by atoms with van der Waals surface area (Å²) >= 11 is 0. The highest BCUT2D eigenvalue weighted by molar-refractivity contribution is 6.07. The van der Waals surface area contributed by atoms with Crippen molar-refractivity contribution in [3.8, 4) is 11.3 Å². The van der Waals surface area contributed by atoms with Crippen LogP contribution >= 0.6 is 0 Å². The number of aromatic nitrogens is 2. The highest BCUT2D eigenvalue weighted by atomic mass is 19.1. The zero-order chi connectivity index (χ0) is 19.0. The first-order valence-electron chi connectivity index (χ1n) is 8.48. The van der Waals surface area contributed by atoms with Crippen LogP contribution in [0.15, 0.2) is 51.5 Å². The molecular formula is C20H16FN3O3. The second-order valence-electron chi connectivity index (χ2n) is 6.16. The summed E-state index contributed by atoms with van der Waals surface area (Å²) in [6, 6.07) is 11.5. The molecule has 2 heterocycles. The molecule has 0 fully saturated rings. The molecule has 0 aliphatic rings. The lowest BCUT2D eigenvalue weighted by Crippen LogP contribution is -2.13. The Kier molecular flexibility index (Phi) is 4.19. The maximum atomic E-state index is 13.1. The lowest BCUT2D eigenvalue weighted by Gasteiger charge is -2.02. The Hall–Kier alpha value is -3.48. The van der Waals surface area contributed by atoms with Gasteiger partial charge in [-0.1, -0.05) is 13.0 Å². The molecule has 0 aliphatic carbocycles. The van der Waals surface area contributed by atoms with Gasteiger partial charge in [-0.15, -0.1) is 0 Å². The van der Waals surface area contributed by atoms with Gasteiger partial charge in [0.05, 0.1) is 0 Å². The fourth-order valence-electron chi connectivity index (χ4n) is 2.94. The first-order chi connectivity index (χ1) is 13.1. The fraction of sp³-hybridized carbons (Fsp3) is 0.150. The average Bonchev–Trinajstić information content (AvgIpc) is 3.26. The standard InChI is InChI=1S/C20H16FN3O3/c1-3-12-4-9-16-15(10-12)11(2)18(26-16)20(25)22-19-17(23-27-24-19)13-5-7-14(21)8-6-13/h4-10H,3H2,1-2H3,(H,22,24,25). The Bertz CT molecular complexity index is 1130. The molecular weight excluding hydrogens is 349 g/mol. The summed E-state index contributed by atoms with van der Waals surface area (Å²) in [7, 11) is 0. The van der Waals surface area contributed by atoms with Crippen LogP contribution in [-0.2, 0) is 6.42 Å². The Balaban J connectivity index is 1.66. The number of aryl methyl sites for hydroxylation is 2. The monoisotopic (exact) mass is 365 g/mol. The number of furan rings is 1. The quantitative estimate of drug-likeness (QED) is 0.565. The van der Waals surface area contributed by atoms with E-state index < -0.39 is 5.91 Å². The summed E-state index contributed by atoms with van der Waals surface area (Å²) in [5.74, 6) is -0.488. The first-order valence-corrected chi connectivity index (χ1v) is 8.48. The molecule has 1 N–H and O–H groups in total. The van der Waals surface area contributed by atoms with Crippen LogP contribution < -0.4 is 5.32 Å². The molecule has 0 spiro atoms. The van der Waals surface area contributed by atoms with Gasteiger partial charge in [0.2, 0.25) is 5.82 Å². The highest BCUT2D eigenvalue weighted by Gasteiger charge is 2.21. The maximum Gasteiger partial charge on any atom is 0.292 e. The molecule has 0 saturated heterocycles. The molecule has 0 unspecified atom stereocenters. The Morgan fingerprint density at radius 3 is 2.67 bits per heavy atom. The van der Waals surface area contributed by atoms with Gasteiger partial charge in [-0.2, -0.15) is 0 Å². The van der Waals surface area contributed by atoms with Crippen molar-refractivity contribution in [1.29, 1.82) is 0 Å². The van der Waals surface area contributed by atoms with Crippen LogP contribution in [0.2, 0.25) is 0 Å². The number of nitrogens with one attached hydrogen (secondary N) is 1. The number of amides is 1. The molecule has 0 aliphatic heterocycles. The Morgan fingerprint density at radius 2 is 1.93 bits per heavy atom. The fourth-order valence-corrected chi connectivity index (χ4v) is 2.94. The molecule has 4 rings (SSSR count). The van der Waals surface area contributed by atoms with Crippen molar-refractivity contribution >= 4 is 22.7 Å². The number of carbonyl (C=O) groups excluding carboxylic acids is 1. The number of rotatable bonds is 4. The molecule has 7 heteroatoms. The minimum Gasteiger partial charge on any atom is -0.451 e. The van der Waals surface area contributed by atoms with Gasteiger partial charge in [0.1, 0.15) is 11.4 Å². The number of halogens is 1. The summed E-state index contributed by atoms with van der Waals surface area (Å²) in [5, 5.41) is 11.1. The van der Waals surface area contributed by atoms with Gasteiger partial charge in [-0.25, -0.2) is 9.02 Å². The maximum absolute atomic E-state index is 13.1. The van der Waals surface area contributed by atoms with Crippen LogP contribution in [0.5, 0.6) is 0 Å². The highest BCUT2D eigenvalue weighted by Crippen LogP contribution is 2.29. The normalized spacial score (nSPS) is 11.1. The zero-order valence-corrected chi connectivity index (χ0v) is 14.7. The van der Waals surface area contributed by atoms with E-state index in [9.17, 15) is 9.18 Å². The molecule has 0 atom stereocenters. The molecule has 6 nitrogen and oxygen atoms in total. The van der Waals surface area contributed by atoms with Gasteiger partial charge in [0, 0.05) is 16.5 Å². The summed E-state index contributed by atoms with van der Waals surface area (Å²) in [6.07, 6.45) is 0.897. The average molecular weight is 365 g/mol. The van der Waals surface area contributed by atoms with E-state index in [1.54, 1.807) is 0 Å². The summed E-state index contributed by atoms with van der Waals surface area (Å²) < 4.78 is 23.6. The van der Waals surface area contributed by atoms with Gasteiger partial charge < -0.3 is 4.42 Å². The van der Waals surface area contributed by atoms with Crippen molar-refractivity contribution in [1.82, 2.24) is 10.3 Å². The molecule has 2 aromatic carbocycles. The minimum absolute atomic E-state index is 0.140. The summed E-state index contributed by atoms with van der Waals surface area (Å²) in [6.45, 7) is 3.90. The van der Waals surface area contributed by atoms with Crippen molar-refractivity contribution in [2.45, 2.75) is 20.3 Å². The number of anilines is 1. The van der Waals surface area contributed by atoms with Gasteiger partial charge in [0.25, 0.3) is 5.91 Å². The van der Waals surface area contributed by atoms with Crippen molar-refractivity contribution in [2.24, 2.45) is 0 Å². The first kappa shape index (κ1) is 17.0. The smallest absolute Gasteiger partial charge is 0.292 e. The molecule has 4 aromatic rings. The number of benzene rings is 2. The third-order valence-electron chi connectivity index (χ3n) is 4.45. The second kappa shape index (κ2) is 6.68. The van der Waals surface area contributed by atoms with Gasteiger partial charge in [-0.3, -0.25) is 10.1 Å². The second-order valence-corrected chi connectivity index (χ2v) is 6.16. The minimum atomic E-state index is -0.458. The van der Waals surface area contributed by atoms with Gasteiger partial charge in [-0.05, 0) is 65.6 Å². The molecule has 136 valence electrons. The molecule has 0 saturated carbocycles. The molecule has 27 heavy (non-hydrogen) atoms. The number of hydrogen-bond acceptors (Lipinski definition) is 5. The van der Waals surface area contributed by atoms with Crippen molar-refractivity contribution < 1.29 is 18.2 Å². The SMILES string of the molecule is CCc1ccc2oc(C(=O)Nc3nonc3-c3ccc(F)cc3)c(C)c2c1. The molecule has 2 aromatic heterocycles. The predicted molar refractivity (Wildman–Crippen MR) is 98.0 cm³/mol. The van der Waals surface area contributed by atoms with E-state index in [0.717, 1.165) is 22.9 Å². The predicted octanol–water partition coefficient (Wildman–Crippen LogP) is 4.75. The van der Waals surface area contributed by atoms with Crippen LogP contribution in [0, 0.1) is 12.7 Å². The largest absolute Gasteiger partial charge is 0.451 e. The number of carbonyl (C=O) groups is 1. The number of hydrogen-bond donors (Lipinski definition) is 1. The van der Waals surface area contributed by atoms with Crippen molar-refractivity contribution in [3.05, 3.63) is 65.2 Å². The van der Waals surface area contributed by atoms with Crippen molar-refractivity contribution in [3.63, 3.8) is 0 Å². The van der Waals surface area contributed by atoms with Gasteiger partial charge >= 0.3 is 0 Å². The topological polar surface area (TPSA) is 81.2 Å². The lowest BCUT2D eigenvalue weighted by molar-refractivity contribution is 0.0997. The van der Waals surface area contributed by atoms with E-state index >= 15 is 0 Å². The van der Waals surface area contributed by atoms with E-state index in [-0.39, 0.29) is 17.4 Å². The van der Waals surface area contributed by atoms with E-state index in [1.807, 2.05) is 25.1 Å². The summed E-state index contributed by atoms with van der Waals surface area (Å²) in [4.78, 5) is 12.7. The van der Waals surface area contributed by atoms with E-state index in [0.29, 0.717) is 16.8 Å². The van der Waals surface area contributed by atoms with Gasteiger partial charge in [0.15, 0.2) is 11.5 Å². The lowest BCUT2D eigenvalue weighted by atomic mass is 10.1. The van der Waals surface area contributed by atoms with E-state index in [4.69, 9.17) is 9.05 Å². The molecule has 0 radical (unpaired) electrons. The Labute approximate surface area is 153 Å². The van der Waals surface area contributed by atoms with Crippen LogP contribution in [-0.4, -0.2) is 16.2 Å². The van der Waals surface area contributed by atoms with Crippen molar-refractivity contribution in [2.75, 3.05) is 5.32 Å². The number of nitrogens with zero attached hydrogens (tertiary/aromatic N) is 2. The third-order valence-corrected chi connectivity index (χ3v) is 4.45. The van der Waals surface area contributed by atoms with Crippen LogP contribution in [0.3, 0.4) is 0 Å². The number of fused-ring (bicyclic) bond motifs is 1. The zero-order valence-electron chi connectivity index (χ0n) is 14.7. The van der Waals surface area contributed by atoms with Crippen LogP contribution in [0.1, 0.15) is 28.6 Å². The van der Waals surface area contributed by atoms with Crippen LogP contribution in [0.4, 0.5) is 10.2 Å². The van der Waals surface area contributed by atoms with E-state index in [2.05, 4.69) is 22.6 Å². The third kappa shape index (κ3) is 3.08. The molecule has 0 bridgehead atoms. The molecule has 1 amide bonds.